The number of aliphatic hydroxyl groups excluding tert-OH is 1. The van der Waals surface area contributed by atoms with Gasteiger partial charge in [-0.2, -0.15) is 18.2 Å². The van der Waals surface area contributed by atoms with Crippen LogP contribution in [0, 0.1) is 5.92 Å². The fraction of sp³-hybridized carbons (Fsp3) is 0.471. The lowest BCUT2D eigenvalue weighted by atomic mass is 10.0. The number of methoxy groups -OCH3 is 1. The molecule has 1 aromatic heterocycles. The van der Waals surface area contributed by atoms with Gasteiger partial charge in [-0.1, -0.05) is 17.3 Å². The van der Waals surface area contributed by atoms with Crippen molar-refractivity contribution >= 4 is 5.97 Å². The monoisotopic (exact) mass is 385 g/mol. The zero-order valence-electron chi connectivity index (χ0n) is 14.4. The minimum Gasteiger partial charge on any atom is -0.469 e. The minimum absolute atomic E-state index is 0.0574. The highest BCUT2D eigenvalue weighted by atomic mass is 19.4. The number of halogens is 3. The summed E-state index contributed by atoms with van der Waals surface area (Å²) in [6.45, 7) is 0.987. The molecule has 3 rings (SSSR count). The Kier molecular flexibility index (Phi) is 5.47. The number of nitrogens with zero attached hydrogens (tertiary/aromatic N) is 3. The largest absolute Gasteiger partial charge is 0.469 e. The molecule has 0 spiro atoms. The third-order valence-electron chi connectivity index (χ3n) is 4.41. The highest BCUT2D eigenvalue weighted by Gasteiger charge is 2.34. The van der Waals surface area contributed by atoms with Crippen LogP contribution < -0.4 is 0 Å². The van der Waals surface area contributed by atoms with Gasteiger partial charge in [0.25, 0.3) is 0 Å². The quantitative estimate of drug-likeness (QED) is 0.789. The molecule has 1 N–H and O–H groups in total. The van der Waals surface area contributed by atoms with E-state index in [0.717, 1.165) is 12.1 Å². The van der Waals surface area contributed by atoms with Gasteiger partial charge in [0.2, 0.25) is 11.7 Å². The third kappa shape index (κ3) is 4.64. The Morgan fingerprint density at radius 1 is 1.41 bits per heavy atom. The number of ether oxygens (including phenoxy) is 1. The number of β-amino-alcohol motifs (C(OH)–C–C–N with tert-alkyl or cyclic N) is 1. The Hall–Kier alpha value is -2.46. The van der Waals surface area contributed by atoms with Crippen LogP contribution in [0.5, 0.6) is 0 Å². The molecule has 1 fully saturated rings. The first-order chi connectivity index (χ1) is 12.8. The average Bonchev–Trinajstić information content (AvgIpc) is 3.21. The number of rotatable bonds is 5. The maximum Gasteiger partial charge on any atom is 0.416 e. The number of aliphatic hydroxyl groups is 1. The lowest BCUT2D eigenvalue weighted by Crippen LogP contribution is -2.21. The van der Waals surface area contributed by atoms with Gasteiger partial charge in [0.05, 0.1) is 31.7 Å². The zero-order chi connectivity index (χ0) is 19.6. The minimum atomic E-state index is -4.46. The number of hydrogen-bond donors (Lipinski definition) is 1. The highest BCUT2D eigenvalue weighted by molar-refractivity contribution is 5.69. The number of alkyl halides is 3. The van der Waals surface area contributed by atoms with Gasteiger partial charge in [-0.3, -0.25) is 9.69 Å². The predicted molar refractivity (Wildman–Crippen MR) is 86.1 cm³/mol. The molecule has 0 aliphatic carbocycles. The first-order valence-electron chi connectivity index (χ1n) is 8.23. The van der Waals surface area contributed by atoms with E-state index in [0.29, 0.717) is 13.1 Å². The average molecular weight is 385 g/mol. The van der Waals surface area contributed by atoms with Crippen LogP contribution in [0.25, 0.3) is 11.4 Å². The molecule has 2 heterocycles. The van der Waals surface area contributed by atoms with Crippen LogP contribution in [0.1, 0.15) is 17.9 Å². The maximum atomic E-state index is 12.8. The van der Waals surface area contributed by atoms with E-state index in [1.807, 2.05) is 4.90 Å². The van der Waals surface area contributed by atoms with Crippen molar-refractivity contribution in [3.63, 3.8) is 0 Å². The summed E-state index contributed by atoms with van der Waals surface area (Å²) in [4.78, 5) is 17.3. The summed E-state index contributed by atoms with van der Waals surface area (Å²) >= 11 is 0. The van der Waals surface area contributed by atoms with Crippen molar-refractivity contribution < 1.29 is 32.3 Å². The molecular weight excluding hydrogens is 367 g/mol. The van der Waals surface area contributed by atoms with Crippen LogP contribution in [-0.2, 0) is 22.3 Å². The summed E-state index contributed by atoms with van der Waals surface area (Å²) in [5.74, 6) is -0.385. The zero-order valence-corrected chi connectivity index (χ0v) is 14.4. The number of carbonyl (C=O) groups is 1. The van der Waals surface area contributed by atoms with Gasteiger partial charge in [-0.25, -0.2) is 0 Å². The van der Waals surface area contributed by atoms with Gasteiger partial charge >= 0.3 is 12.1 Å². The van der Waals surface area contributed by atoms with Crippen molar-refractivity contribution in [3.05, 3.63) is 35.7 Å². The van der Waals surface area contributed by atoms with E-state index in [-0.39, 0.29) is 36.2 Å². The molecule has 0 unspecified atom stereocenters. The Morgan fingerprint density at radius 3 is 2.89 bits per heavy atom. The summed E-state index contributed by atoms with van der Waals surface area (Å²) in [5, 5.41) is 13.8. The summed E-state index contributed by atoms with van der Waals surface area (Å²) in [5.41, 5.74) is -0.593. The van der Waals surface area contributed by atoms with Crippen molar-refractivity contribution in [2.45, 2.75) is 25.2 Å². The number of likely N-dealkylation sites (tertiary alicyclic amines) is 1. The van der Waals surface area contributed by atoms with Crippen molar-refractivity contribution in [1.29, 1.82) is 0 Å². The molecule has 10 heteroatoms. The molecule has 2 aromatic rings. The molecule has 146 valence electrons. The summed E-state index contributed by atoms with van der Waals surface area (Å²) in [7, 11) is 1.29. The van der Waals surface area contributed by atoms with Crippen LogP contribution in [-0.4, -0.2) is 52.4 Å². The fourth-order valence-electron chi connectivity index (χ4n) is 3.03. The number of carbonyl (C=O) groups excluding carboxylic acids is 1. The van der Waals surface area contributed by atoms with Gasteiger partial charge in [0.1, 0.15) is 0 Å². The van der Waals surface area contributed by atoms with Crippen molar-refractivity contribution in [1.82, 2.24) is 15.0 Å². The van der Waals surface area contributed by atoms with Crippen molar-refractivity contribution in [2.75, 3.05) is 20.2 Å². The second kappa shape index (κ2) is 7.65. The summed E-state index contributed by atoms with van der Waals surface area (Å²) < 4.78 is 48.2. The SMILES string of the molecule is COC(=O)C[C@@H]1CN(Cc2nc(-c3cccc(C(F)(F)F)c3)no2)C[C@H]1O. The molecule has 0 amide bonds. The number of esters is 1. The Morgan fingerprint density at radius 2 is 2.19 bits per heavy atom. The number of aromatic nitrogens is 2. The molecule has 27 heavy (non-hydrogen) atoms. The Labute approximate surface area is 152 Å². The molecule has 7 nitrogen and oxygen atoms in total. The van der Waals surface area contributed by atoms with E-state index >= 15 is 0 Å². The van der Waals surface area contributed by atoms with Gasteiger partial charge in [0, 0.05) is 24.6 Å². The van der Waals surface area contributed by atoms with E-state index in [1.54, 1.807) is 0 Å². The molecule has 0 radical (unpaired) electrons. The number of benzene rings is 1. The molecule has 1 aliphatic rings. The second-order valence-electron chi connectivity index (χ2n) is 6.39. The summed E-state index contributed by atoms with van der Waals surface area (Å²) in [6, 6.07) is 4.68. The predicted octanol–water partition coefficient (Wildman–Crippen LogP) is 2.11. The van der Waals surface area contributed by atoms with Crippen LogP contribution in [0.4, 0.5) is 13.2 Å². The van der Waals surface area contributed by atoms with Crippen molar-refractivity contribution in [3.8, 4) is 11.4 Å². The first-order valence-corrected chi connectivity index (χ1v) is 8.23. The van der Waals surface area contributed by atoms with Crippen LogP contribution in [0.15, 0.2) is 28.8 Å². The van der Waals surface area contributed by atoms with E-state index in [9.17, 15) is 23.1 Å². The molecular formula is C17H18F3N3O4. The van der Waals surface area contributed by atoms with E-state index in [1.165, 1.54) is 19.2 Å². The fourth-order valence-corrected chi connectivity index (χ4v) is 3.03. The van der Waals surface area contributed by atoms with Crippen LogP contribution >= 0.6 is 0 Å². The number of hydrogen-bond acceptors (Lipinski definition) is 7. The van der Waals surface area contributed by atoms with E-state index in [4.69, 9.17) is 4.52 Å². The van der Waals surface area contributed by atoms with Crippen LogP contribution in [0.3, 0.4) is 0 Å². The third-order valence-corrected chi connectivity index (χ3v) is 4.41. The van der Waals surface area contributed by atoms with Crippen LogP contribution in [0.2, 0.25) is 0 Å². The van der Waals surface area contributed by atoms with E-state index < -0.39 is 23.8 Å². The van der Waals surface area contributed by atoms with Gasteiger partial charge in [-0.05, 0) is 12.1 Å². The molecule has 0 saturated carbocycles. The maximum absolute atomic E-state index is 12.8. The summed E-state index contributed by atoms with van der Waals surface area (Å²) in [6.07, 6.45) is -5.04. The van der Waals surface area contributed by atoms with Gasteiger partial charge < -0.3 is 14.4 Å². The second-order valence-corrected chi connectivity index (χ2v) is 6.39. The Bertz CT molecular complexity index is 809. The Balaban J connectivity index is 1.66. The molecule has 1 aliphatic heterocycles. The topological polar surface area (TPSA) is 88.7 Å². The molecule has 1 saturated heterocycles. The molecule has 2 atom stereocenters. The van der Waals surface area contributed by atoms with E-state index in [2.05, 4.69) is 14.9 Å². The van der Waals surface area contributed by atoms with Crippen molar-refractivity contribution in [2.24, 2.45) is 5.92 Å². The lowest BCUT2D eigenvalue weighted by molar-refractivity contribution is -0.142. The van der Waals surface area contributed by atoms with Gasteiger partial charge in [-0.15, -0.1) is 0 Å². The molecule has 0 bridgehead atoms. The van der Waals surface area contributed by atoms with Gasteiger partial charge in [0.15, 0.2) is 0 Å². The smallest absolute Gasteiger partial charge is 0.416 e. The standard InChI is InChI=1S/C17H18F3N3O4/c1-26-15(25)6-11-7-23(8-13(11)24)9-14-21-16(22-27-14)10-3-2-4-12(5-10)17(18,19)20/h2-5,11,13,24H,6-9H2,1H3/t11-,13-/m1/s1. The first kappa shape index (κ1) is 19.3. The normalized spacial score (nSPS) is 20.8. The molecule has 1 aromatic carbocycles. The lowest BCUT2D eigenvalue weighted by Gasteiger charge is -2.12. The highest BCUT2D eigenvalue weighted by Crippen LogP contribution is 2.31.